The lowest BCUT2D eigenvalue weighted by molar-refractivity contribution is 0.411. The lowest BCUT2D eigenvalue weighted by atomic mass is 10.1. The van der Waals surface area contributed by atoms with Gasteiger partial charge in [-0.15, -0.1) is 0 Å². The van der Waals surface area contributed by atoms with E-state index >= 15 is 0 Å². The number of hydrogen-bond donors (Lipinski definition) is 2. The summed E-state index contributed by atoms with van der Waals surface area (Å²) in [7, 11) is 1.67. The number of rotatable bonds is 5. The van der Waals surface area contributed by atoms with Crippen LogP contribution in [0.1, 0.15) is 26.3 Å². The number of nitrogens with zero attached hydrogens (tertiary/aromatic N) is 1. The van der Waals surface area contributed by atoms with E-state index in [2.05, 4.69) is 15.8 Å². The third-order valence-corrected chi connectivity index (χ3v) is 2.62. The standard InChI is InChI=1S/C14H21N3OS/c1-10(2)15-14(19)17-16-11(3)9-12-7-5-6-8-13(12)18-4/h5-8,10H,9H2,1-4H3,(H2,15,17,19)/b16-11-. The Morgan fingerprint density at radius 3 is 2.68 bits per heavy atom. The summed E-state index contributed by atoms with van der Waals surface area (Å²) in [5, 5.41) is 7.86. The zero-order valence-corrected chi connectivity index (χ0v) is 12.7. The molecule has 2 N–H and O–H groups in total. The summed E-state index contributed by atoms with van der Waals surface area (Å²) >= 11 is 5.11. The molecule has 0 bridgehead atoms. The predicted octanol–water partition coefficient (Wildman–Crippen LogP) is 2.49. The van der Waals surface area contributed by atoms with Gasteiger partial charge < -0.3 is 10.1 Å². The Morgan fingerprint density at radius 2 is 2.05 bits per heavy atom. The minimum absolute atomic E-state index is 0.296. The highest BCUT2D eigenvalue weighted by Crippen LogP contribution is 2.17. The van der Waals surface area contributed by atoms with Gasteiger partial charge in [-0.05, 0) is 44.6 Å². The maximum absolute atomic E-state index is 5.31. The molecule has 1 rings (SSSR count). The summed E-state index contributed by atoms with van der Waals surface area (Å²) < 4.78 is 5.31. The molecule has 0 unspecified atom stereocenters. The van der Waals surface area contributed by atoms with Gasteiger partial charge in [0, 0.05) is 18.2 Å². The van der Waals surface area contributed by atoms with Crippen molar-refractivity contribution in [1.29, 1.82) is 0 Å². The van der Waals surface area contributed by atoms with Gasteiger partial charge in [0.25, 0.3) is 0 Å². The third-order valence-electron chi connectivity index (χ3n) is 2.41. The zero-order valence-electron chi connectivity index (χ0n) is 11.9. The van der Waals surface area contributed by atoms with Crippen molar-refractivity contribution in [3.8, 4) is 5.75 Å². The number of ether oxygens (including phenoxy) is 1. The second kappa shape index (κ2) is 7.74. The number of para-hydroxylation sites is 1. The van der Waals surface area contributed by atoms with E-state index in [1.807, 2.05) is 45.0 Å². The fourth-order valence-corrected chi connectivity index (χ4v) is 1.89. The van der Waals surface area contributed by atoms with Gasteiger partial charge in [0.1, 0.15) is 5.75 Å². The van der Waals surface area contributed by atoms with Crippen molar-refractivity contribution in [3.63, 3.8) is 0 Å². The van der Waals surface area contributed by atoms with Crippen molar-refractivity contribution in [1.82, 2.24) is 10.7 Å². The maximum atomic E-state index is 5.31. The molecule has 0 saturated carbocycles. The largest absolute Gasteiger partial charge is 0.496 e. The highest BCUT2D eigenvalue weighted by molar-refractivity contribution is 7.80. The Morgan fingerprint density at radius 1 is 1.37 bits per heavy atom. The molecule has 0 aliphatic rings. The fourth-order valence-electron chi connectivity index (χ4n) is 1.60. The summed E-state index contributed by atoms with van der Waals surface area (Å²) in [6.45, 7) is 6.01. The first-order valence-corrected chi connectivity index (χ1v) is 6.65. The first kappa shape index (κ1) is 15.4. The molecule has 1 aromatic carbocycles. The van der Waals surface area contributed by atoms with Crippen LogP contribution in [0.25, 0.3) is 0 Å². The molecule has 104 valence electrons. The van der Waals surface area contributed by atoms with Crippen LogP contribution >= 0.6 is 12.2 Å². The molecule has 1 aromatic rings. The molecule has 4 nitrogen and oxygen atoms in total. The number of benzene rings is 1. The van der Waals surface area contributed by atoms with E-state index in [4.69, 9.17) is 17.0 Å². The smallest absolute Gasteiger partial charge is 0.187 e. The van der Waals surface area contributed by atoms with Gasteiger partial charge in [-0.2, -0.15) is 5.10 Å². The van der Waals surface area contributed by atoms with Crippen molar-refractivity contribution in [2.24, 2.45) is 5.10 Å². The lowest BCUT2D eigenvalue weighted by Gasteiger charge is -2.11. The first-order valence-electron chi connectivity index (χ1n) is 6.24. The van der Waals surface area contributed by atoms with Crippen molar-refractivity contribution in [2.75, 3.05) is 7.11 Å². The Hall–Kier alpha value is -1.62. The average Bonchev–Trinajstić information content (AvgIpc) is 2.36. The molecule has 0 aromatic heterocycles. The Labute approximate surface area is 120 Å². The Bertz CT molecular complexity index is 458. The fraction of sp³-hybridized carbons (Fsp3) is 0.429. The topological polar surface area (TPSA) is 45.6 Å². The molecular formula is C14H21N3OS. The number of thiocarbonyl (C=S) groups is 1. The van der Waals surface area contributed by atoms with Gasteiger partial charge in [0.2, 0.25) is 0 Å². The van der Waals surface area contributed by atoms with Crippen LogP contribution in [0.3, 0.4) is 0 Å². The molecular weight excluding hydrogens is 258 g/mol. The van der Waals surface area contributed by atoms with Crippen LogP contribution in [-0.4, -0.2) is 24.0 Å². The summed E-state index contributed by atoms with van der Waals surface area (Å²) in [5.41, 5.74) is 4.89. The molecule has 0 fully saturated rings. The SMILES string of the molecule is COc1ccccc1C/C(C)=N\NC(=S)NC(C)C. The van der Waals surface area contributed by atoms with Gasteiger partial charge in [0.05, 0.1) is 7.11 Å². The number of hydrazone groups is 1. The first-order chi connectivity index (χ1) is 9.02. The summed E-state index contributed by atoms with van der Waals surface area (Å²) in [6, 6.07) is 8.21. The van der Waals surface area contributed by atoms with Gasteiger partial charge in [-0.3, -0.25) is 5.43 Å². The molecule has 0 saturated heterocycles. The second-order valence-corrected chi connectivity index (χ2v) is 4.98. The molecule has 0 aliphatic carbocycles. The quantitative estimate of drug-likeness (QED) is 0.494. The molecule has 19 heavy (non-hydrogen) atoms. The molecule has 0 spiro atoms. The van der Waals surface area contributed by atoms with Crippen molar-refractivity contribution in [2.45, 2.75) is 33.2 Å². The number of methoxy groups -OCH3 is 1. The summed E-state index contributed by atoms with van der Waals surface area (Å²) in [5.74, 6) is 0.875. The highest BCUT2D eigenvalue weighted by atomic mass is 32.1. The summed E-state index contributed by atoms with van der Waals surface area (Å²) in [6.07, 6.45) is 0.724. The second-order valence-electron chi connectivity index (χ2n) is 4.58. The van der Waals surface area contributed by atoms with Crippen LogP contribution < -0.4 is 15.5 Å². The predicted molar refractivity (Wildman–Crippen MR) is 83.8 cm³/mol. The monoisotopic (exact) mass is 279 g/mol. The maximum Gasteiger partial charge on any atom is 0.187 e. The van der Waals surface area contributed by atoms with Gasteiger partial charge in [-0.1, -0.05) is 18.2 Å². The van der Waals surface area contributed by atoms with Crippen molar-refractivity contribution < 1.29 is 4.74 Å². The van der Waals surface area contributed by atoms with Gasteiger partial charge in [0.15, 0.2) is 5.11 Å². The Balaban J connectivity index is 2.59. The van der Waals surface area contributed by atoms with E-state index in [9.17, 15) is 0 Å². The minimum Gasteiger partial charge on any atom is -0.496 e. The van der Waals surface area contributed by atoms with Crippen LogP contribution in [0, 0.1) is 0 Å². The minimum atomic E-state index is 0.296. The number of nitrogens with one attached hydrogen (secondary N) is 2. The zero-order chi connectivity index (χ0) is 14.3. The van der Waals surface area contributed by atoms with E-state index in [0.29, 0.717) is 11.2 Å². The van der Waals surface area contributed by atoms with Crippen LogP contribution in [-0.2, 0) is 6.42 Å². The third kappa shape index (κ3) is 5.70. The van der Waals surface area contributed by atoms with Gasteiger partial charge >= 0.3 is 0 Å². The van der Waals surface area contributed by atoms with E-state index in [1.54, 1.807) is 7.11 Å². The van der Waals surface area contributed by atoms with Crippen LogP contribution in [0.2, 0.25) is 0 Å². The molecule has 0 radical (unpaired) electrons. The Kier molecular flexibility index (Phi) is 6.29. The summed E-state index contributed by atoms with van der Waals surface area (Å²) in [4.78, 5) is 0. The molecule has 0 heterocycles. The number of hydrogen-bond acceptors (Lipinski definition) is 3. The average molecular weight is 279 g/mol. The van der Waals surface area contributed by atoms with E-state index in [1.165, 1.54) is 0 Å². The molecule has 0 aliphatic heterocycles. The van der Waals surface area contributed by atoms with E-state index in [-0.39, 0.29) is 0 Å². The van der Waals surface area contributed by atoms with Gasteiger partial charge in [-0.25, -0.2) is 0 Å². The van der Waals surface area contributed by atoms with E-state index in [0.717, 1.165) is 23.4 Å². The van der Waals surface area contributed by atoms with Crippen molar-refractivity contribution >= 4 is 23.0 Å². The normalized spacial score (nSPS) is 11.3. The molecule has 0 amide bonds. The lowest BCUT2D eigenvalue weighted by Crippen LogP contribution is -2.37. The van der Waals surface area contributed by atoms with Crippen LogP contribution in [0.4, 0.5) is 0 Å². The molecule has 0 atom stereocenters. The van der Waals surface area contributed by atoms with Crippen LogP contribution in [0.5, 0.6) is 5.75 Å². The van der Waals surface area contributed by atoms with E-state index < -0.39 is 0 Å². The highest BCUT2D eigenvalue weighted by Gasteiger charge is 2.03. The van der Waals surface area contributed by atoms with Crippen LogP contribution in [0.15, 0.2) is 29.4 Å². The molecule has 5 heteroatoms. The van der Waals surface area contributed by atoms with Crippen molar-refractivity contribution in [3.05, 3.63) is 29.8 Å².